The monoisotopic (exact) mass is 328 g/mol. The van der Waals surface area contributed by atoms with Crippen molar-refractivity contribution in [1.82, 2.24) is 9.88 Å². The first-order valence-corrected chi connectivity index (χ1v) is 8.39. The molecule has 24 heavy (non-hydrogen) atoms. The maximum absolute atomic E-state index is 13.6. The van der Waals surface area contributed by atoms with E-state index in [1.807, 2.05) is 6.07 Å². The second kappa shape index (κ2) is 6.49. The second-order valence-corrected chi connectivity index (χ2v) is 6.63. The number of nitrogens with zero attached hydrogens (tertiary/aromatic N) is 2. The van der Waals surface area contributed by atoms with Gasteiger partial charge in [0.2, 0.25) is 5.88 Å². The van der Waals surface area contributed by atoms with Gasteiger partial charge in [0.15, 0.2) is 5.82 Å². The molecule has 1 unspecified atom stereocenters. The van der Waals surface area contributed by atoms with Crippen molar-refractivity contribution < 1.29 is 13.9 Å². The Hall–Kier alpha value is -1.98. The van der Waals surface area contributed by atoms with E-state index in [0.29, 0.717) is 6.61 Å². The van der Waals surface area contributed by atoms with Crippen molar-refractivity contribution in [2.45, 2.75) is 18.6 Å². The number of ether oxygens (including phenoxy) is 2. The predicted molar refractivity (Wildman–Crippen MR) is 88.2 cm³/mol. The molecule has 0 radical (unpaired) electrons. The van der Waals surface area contributed by atoms with Gasteiger partial charge in [0.25, 0.3) is 0 Å². The summed E-state index contributed by atoms with van der Waals surface area (Å²) in [5.41, 5.74) is 1.17. The minimum atomic E-state index is -0.412. The van der Waals surface area contributed by atoms with E-state index in [9.17, 15) is 4.39 Å². The summed E-state index contributed by atoms with van der Waals surface area (Å²) in [4.78, 5) is 6.34. The number of hydrogen-bond acceptors (Lipinski definition) is 4. The predicted octanol–water partition coefficient (Wildman–Crippen LogP) is 2.89. The van der Waals surface area contributed by atoms with E-state index in [1.165, 1.54) is 11.6 Å². The summed E-state index contributed by atoms with van der Waals surface area (Å²) in [5, 5.41) is 0. The second-order valence-electron chi connectivity index (χ2n) is 6.63. The molecule has 2 aliphatic heterocycles. The number of benzene rings is 1. The van der Waals surface area contributed by atoms with Gasteiger partial charge in [-0.1, -0.05) is 30.3 Å². The average Bonchev–Trinajstić information content (AvgIpc) is 2.99. The van der Waals surface area contributed by atoms with Crippen LogP contribution >= 0.6 is 0 Å². The Morgan fingerprint density at radius 1 is 1.21 bits per heavy atom. The molecule has 2 aliphatic rings. The highest BCUT2D eigenvalue weighted by atomic mass is 19.1. The number of aromatic nitrogens is 1. The van der Waals surface area contributed by atoms with Crippen LogP contribution in [-0.4, -0.2) is 41.8 Å². The van der Waals surface area contributed by atoms with E-state index in [2.05, 4.69) is 34.1 Å². The molecule has 3 heterocycles. The van der Waals surface area contributed by atoms with Crippen LogP contribution in [0.4, 0.5) is 4.39 Å². The Balaban J connectivity index is 1.34. The molecule has 1 aromatic heterocycles. The molecule has 2 saturated heterocycles. The molecule has 0 aliphatic carbocycles. The van der Waals surface area contributed by atoms with Gasteiger partial charge in [-0.3, -0.25) is 4.90 Å². The lowest BCUT2D eigenvalue weighted by Crippen LogP contribution is -2.64. The molecule has 4 rings (SSSR count). The first-order valence-electron chi connectivity index (χ1n) is 8.39. The van der Waals surface area contributed by atoms with Gasteiger partial charge in [-0.25, -0.2) is 9.37 Å². The summed E-state index contributed by atoms with van der Waals surface area (Å²) in [5.74, 6) is -0.0456. The van der Waals surface area contributed by atoms with Crippen LogP contribution in [-0.2, 0) is 11.3 Å². The topological polar surface area (TPSA) is 34.6 Å². The fourth-order valence-electron chi connectivity index (χ4n) is 3.69. The lowest BCUT2D eigenvalue weighted by molar-refractivity contribution is -0.140. The summed E-state index contributed by atoms with van der Waals surface area (Å²) in [6, 6.07) is 13.4. The zero-order valence-corrected chi connectivity index (χ0v) is 13.5. The molecule has 1 spiro atoms. The highest BCUT2D eigenvalue weighted by Gasteiger charge is 2.53. The third kappa shape index (κ3) is 3.01. The van der Waals surface area contributed by atoms with Crippen molar-refractivity contribution in [3.63, 3.8) is 0 Å². The minimum absolute atomic E-state index is 0.0833. The van der Waals surface area contributed by atoms with Gasteiger partial charge in [0.05, 0.1) is 12.2 Å². The van der Waals surface area contributed by atoms with Gasteiger partial charge in [-0.05, 0) is 24.1 Å². The van der Waals surface area contributed by atoms with E-state index in [0.717, 1.165) is 32.7 Å². The molecule has 126 valence electrons. The highest BCUT2D eigenvalue weighted by Crippen LogP contribution is 2.40. The molecular weight excluding hydrogens is 307 g/mol. The number of likely N-dealkylation sites (tertiary alicyclic amines) is 1. The third-order valence-corrected chi connectivity index (χ3v) is 4.98. The number of halogens is 1. The quantitative estimate of drug-likeness (QED) is 0.845. The summed E-state index contributed by atoms with van der Waals surface area (Å²) in [7, 11) is 0. The zero-order chi connectivity index (χ0) is 16.4. The molecule has 1 aromatic carbocycles. The molecule has 5 heteroatoms. The Kier molecular flexibility index (Phi) is 4.21. The maximum atomic E-state index is 13.6. The molecule has 0 amide bonds. The molecule has 2 fully saturated rings. The normalized spacial score (nSPS) is 22.5. The highest BCUT2D eigenvalue weighted by molar-refractivity contribution is 5.17. The van der Waals surface area contributed by atoms with E-state index in [1.54, 1.807) is 12.3 Å². The van der Waals surface area contributed by atoms with Crippen LogP contribution in [0.1, 0.15) is 12.0 Å². The van der Waals surface area contributed by atoms with Gasteiger partial charge in [-0.2, -0.15) is 0 Å². The van der Waals surface area contributed by atoms with Gasteiger partial charge in [0, 0.05) is 38.4 Å². The molecule has 0 N–H and O–H groups in total. The molecule has 1 atom stereocenters. The maximum Gasteiger partial charge on any atom is 0.250 e. The lowest BCUT2D eigenvalue weighted by Gasteiger charge is -2.50. The fourth-order valence-corrected chi connectivity index (χ4v) is 3.69. The summed E-state index contributed by atoms with van der Waals surface area (Å²) < 4.78 is 25.3. The molecule has 0 saturated carbocycles. The van der Waals surface area contributed by atoms with Crippen LogP contribution in [0.15, 0.2) is 48.7 Å². The Morgan fingerprint density at radius 2 is 2.04 bits per heavy atom. The van der Waals surface area contributed by atoms with Gasteiger partial charge in [0.1, 0.15) is 0 Å². The lowest BCUT2D eigenvalue weighted by atomic mass is 9.81. The largest absolute Gasteiger partial charge is 0.475 e. The first-order chi connectivity index (χ1) is 11.8. The zero-order valence-electron chi connectivity index (χ0n) is 13.5. The van der Waals surface area contributed by atoms with Crippen molar-refractivity contribution in [1.29, 1.82) is 0 Å². The summed E-state index contributed by atoms with van der Waals surface area (Å²) in [6.45, 7) is 3.95. The van der Waals surface area contributed by atoms with Crippen LogP contribution in [0.2, 0.25) is 0 Å². The minimum Gasteiger partial charge on any atom is -0.475 e. The SMILES string of the molecule is Fc1cccnc1OCC1CCOC12CN(Cc1ccccc1)C2. The van der Waals surface area contributed by atoms with Crippen molar-refractivity contribution in [2.24, 2.45) is 5.92 Å². The Morgan fingerprint density at radius 3 is 2.83 bits per heavy atom. The van der Waals surface area contributed by atoms with E-state index < -0.39 is 5.82 Å². The van der Waals surface area contributed by atoms with Gasteiger partial charge in [-0.15, -0.1) is 0 Å². The van der Waals surface area contributed by atoms with Crippen LogP contribution in [0, 0.1) is 11.7 Å². The number of hydrogen-bond donors (Lipinski definition) is 0. The molecule has 2 aromatic rings. The summed E-state index contributed by atoms with van der Waals surface area (Å²) in [6.07, 6.45) is 2.50. The standard InChI is InChI=1S/C19H21FN2O2/c20-17-7-4-9-21-18(17)23-12-16-8-10-24-19(16)13-22(14-19)11-15-5-2-1-3-6-15/h1-7,9,16H,8,10-14H2. The third-order valence-electron chi connectivity index (χ3n) is 4.98. The van der Waals surface area contributed by atoms with E-state index >= 15 is 0 Å². The van der Waals surface area contributed by atoms with Crippen LogP contribution in [0.5, 0.6) is 5.88 Å². The van der Waals surface area contributed by atoms with Crippen LogP contribution < -0.4 is 4.74 Å². The van der Waals surface area contributed by atoms with Crippen LogP contribution in [0.3, 0.4) is 0 Å². The number of rotatable bonds is 5. The van der Waals surface area contributed by atoms with Crippen molar-refractivity contribution in [3.8, 4) is 5.88 Å². The summed E-state index contributed by atoms with van der Waals surface area (Å²) >= 11 is 0. The van der Waals surface area contributed by atoms with Gasteiger partial charge < -0.3 is 9.47 Å². The van der Waals surface area contributed by atoms with Crippen LogP contribution in [0.25, 0.3) is 0 Å². The van der Waals surface area contributed by atoms with Crippen molar-refractivity contribution in [3.05, 3.63) is 60.0 Å². The average molecular weight is 328 g/mol. The van der Waals surface area contributed by atoms with E-state index in [4.69, 9.17) is 9.47 Å². The van der Waals surface area contributed by atoms with E-state index in [-0.39, 0.29) is 17.4 Å². The molecule has 4 nitrogen and oxygen atoms in total. The Labute approximate surface area is 141 Å². The smallest absolute Gasteiger partial charge is 0.250 e. The fraction of sp³-hybridized carbons (Fsp3) is 0.421. The molecule has 0 bridgehead atoms. The van der Waals surface area contributed by atoms with Crippen molar-refractivity contribution in [2.75, 3.05) is 26.3 Å². The number of pyridine rings is 1. The van der Waals surface area contributed by atoms with Gasteiger partial charge >= 0.3 is 0 Å². The molecular formula is C19H21FN2O2. The van der Waals surface area contributed by atoms with Crippen molar-refractivity contribution >= 4 is 0 Å². The Bertz CT molecular complexity index is 689. The first kappa shape index (κ1) is 15.5.